The van der Waals surface area contributed by atoms with Crippen LogP contribution >= 0.6 is 15.9 Å². The fourth-order valence-corrected chi connectivity index (χ4v) is 4.69. The first-order chi connectivity index (χ1) is 15.1. The Labute approximate surface area is 188 Å². The van der Waals surface area contributed by atoms with Gasteiger partial charge in [0.1, 0.15) is 5.75 Å². The molecule has 0 unspecified atom stereocenters. The highest BCUT2D eigenvalue weighted by atomic mass is 79.9. The second kappa shape index (κ2) is 8.40. The molecule has 2 aliphatic heterocycles. The number of carbonyl (C=O) groups excluding carboxylic acids is 1. The Bertz CT molecular complexity index is 1140. The van der Waals surface area contributed by atoms with Crippen molar-refractivity contribution in [1.82, 2.24) is 4.90 Å². The Kier molecular flexibility index (Phi) is 5.46. The van der Waals surface area contributed by atoms with E-state index in [1.807, 2.05) is 30.3 Å². The SMILES string of the molecule is O=C(Nc1ccc2c(c1)OCO2)C1CCN(Cc2c(O)ccc3cc(Br)ccc23)CC1. The van der Waals surface area contributed by atoms with Crippen molar-refractivity contribution in [3.8, 4) is 17.2 Å². The number of phenols is 1. The molecule has 2 N–H and O–H groups in total. The zero-order valence-electron chi connectivity index (χ0n) is 16.9. The maximum Gasteiger partial charge on any atom is 0.231 e. The van der Waals surface area contributed by atoms with Gasteiger partial charge in [-0.15, -0.1) is 0 Å². The lowest BCUT2D eigenvalue weighted by Gasteiger charge is -2.31. The summed E-state index contributed by atoms with van der Waals surface area (Å²) in [6.45, 7) is 2.51. The van der Waals surface area contributed by atoms with Crippen molar-refractivity contribution in [2.45, 2.75) is 19.4 Å². The van der Waals surface area contributed by atoms with Gasteiger partial charge in [-0.3, -0.25) is 9.69 Å². The summed E-state index contributed by atoms with van der Waals surface area (Å²) in [7, 11) is 0. The number of aromatic hydroxyl groups is 1. The van der Waals surface area contributed by atoms with E-state index in [9.17, 15) is 9.90 Å². The number of likely N-dealkylation sites (tertiary alicyclic amines) is 1. The molecule has 1 saturated heterocycles. The van der Waals surface area contributed by atoms with E-state index in [2.05, 4.69) is 32.2 Å². The molecule has 3 aromatic carbocycles. The number of amides is 1. The van der Waals surface area contributed by atoms with Crippen LogP contribution in [0, 0.1) is 5.92 Å². The fraction of sp³-hybridized carbons (Fsp3) is 0.292. The van der Waals surface area contributed by atoms with Crippen molar-refractivity contribution >= 4 is 38.3 Å². The normalized spacial score (nSPS) is 16.5. The van der Waals surface area contributed by atoms with Gasteiger partial charge in [0.25, 0.3) is 0 Å². The molecule has 3 aromatic rings. The predicted octanol–water partition coefficient (Wildman–Crippen LogP) is 4.89. The molecule has 2 aliphatic rings. The summed E-state index contributed by atoms with van der Waals surface area (Å²) in [4.78, 5) is 15.1. The standard InChI is InChI=1S/C24H23BrN2O4/c25-17-2-4-19-16(11-17)1-5-21(28)20(19)13-27-9-7-15(8-10-27)24(29)26-18-3-6-22-23(12-18)31-14-30-22/h1-6,11-12,15,28H,7-10,13-14H2,(H,26,29). The van der Waals surface area contributed by atoms with Gasteiger partial charge in [-0.25, -0.2) is 0 Å². The van der Waals surface area contributed by atoms with Gasteiger partial charge in [-0.05, 0) is 67.0 Å². The molecule has 5 rings (SSSR count). The number of nitrogens with zero attached hydrogens (tertiary/aromatic N) is 1. The number of carbonyl (C=O) groups is 1. The van der Waals surface area contributed by atoms with Gasteiger partial charge < -0.3 is 19.9 Å². The number of benzene rings is 3. The summed E-state index contributed by atoms with van der Waals surface area (Å²) in [5.41, 5.74) is 1.66. The molecule has 1 fully saturated rings. The summed E-state index contributed by atoms with van der Waals surface area (Å²) in [5.74, 6) is 1.69. The number of nitrogens with one attached hydrogen (secondary N) is 1. The van der Waals surface area contributed by atoms with Crippen molar-refractivity contribution in [2.24, 2.45) is 5.92 Å². The van der Waals surface area contributed by atoms with Crippen LogP contribution in [0.3, 0.4) is 0 Å². The molecule has 0 spiro atoms. The van der Waals surface area contributed by atoms with Crippen LogP contribution in [0.5, 0.6) is 17.2 Å². The number of rotatable bonds is 4. The molecule has 2 heterocycles. The second-order valence-electron chi connectivity index (χ2n) is 8.04. The third-order valence-electron chi connectivity index (χ3n) is 6.05. The number of anilines is 1. The molecule has 0 atom stereocenters. The molecule has 160 valence electrons. The summed E-state index contributed by atoms with van der Waals surface area (Å²) in [6, 6.07) is 15.2. The topological polar surface area (TPSA) is 71.0 Å². The van der Waals surface area contributed by atoms with E-state index in [4.69, 9.17) is 9.47 Å². The van der Waals surface area contributed by atoms with Gasteiger partial charge in [-0.1, -0.05) is 28.1 Å². The summed E-state index contributed by atoms with van der Waals surface area (Å²) in [6.07, 6.45) is 1.57. The zero-order chi connectivity index (χ0) is 21.4. The molecule has 0 saturated carbocycles. The van der Waals surface area contributed by atoms with Crippen molar-refractivity contribution in [3.05, 3.63) is 58.6 Å². The van der Waals surface area contributed by atoms with Crippen LogP contribution in [0.25, 0.3) is 10.8 Å². The molecular weight excluding hydrogens is 460 g/mol. The molecule has 1 amide bonds. The van der Waals surface area contributed by atoms with Gasteiger partial charge >= 0.3 is 0 Å². The summed E-state index contributed by atoms with van der Waals surface area (Å²) in [5, 5.41) is 15.6. The monoisotopic (exact) mass is 482 g/mol. The van der Waals surface area contributed by atoms with Gasteiger partial charge in [0, 0.05) is 34.3 Å². The van der Waals surface area contributed by atoms with E-state index in [1.165, 1.54) is 0 Å². The van der Waals surface area contributed by atoms with Gasteiger partial charge in [0.2, 0.25) is 12.7 Å². The molecule has 31 heavy (non-hydrogen) atoms. The van der Waals surface area contributed by atoms with E-state index in [-0.39, 0.29) is 18.6 Å². The Morgan fingerprint density at radius 2 is 1.87 bits per heavy atom. The second-order valence-corrected chi connectivity index (χ2v) is 8.95. The molecule has 0 radical (unpaired) electrons. The van der Waals surface area contributed by atoms with E-state index in [0.717, 1.165) is 52.4 Å². The smallest absolute Gasteiger partial charge is 0.231 e. The Morgan fingerprint density at radius 1 is 1.06 bits per heavy atom. The number of hydrogen-bond acceptors (Lipinski definition) is 5. The highest BCUT2D eigenvalue weighted by Gasteiger charge is 2.26. The van der Waals surface area contributed by atoms with E-state index in [1.54, 1.807) is 12.1 Å². The lowest BCUT2D eigenvalue weighted by atomic mass is 9.94. The minimum atomic E-state index is -0.0289. The number of fused-ring (bicyclic) bond motifs is 2. The lowest BCUT2D eigenvalue weighted by Crippen LogP contribution is -2.37. The van der Waals surface area contributed by atoms with Gasteiger partial charge in [0.15, 0.2) is 11.5 Å². The minimum absolute atomic E-state index is 0.0289. The summed E-state index contributed by atoms with van der Waals surface area (Å²) < 4.78 is 11.7. The van der Waals surface area contributed by atoms with Crippen molar-refractivity contribution in [2.75, 3.05) is 25.2 Å². The molecular formula is C24H23BrN2O4. The zero-order valence-corrected chi connectivity index (χ0v) is 18.5. The maximum absolute atomic E-state index is 12.7. The lowest BCUT2D eigenvalue weighted by molar-refractivity contribution is -0.121. The summed E-state index contributed by atoms with van der Waals surface area (Å²) >= 11 is 3.51. The first-order valence-corrected chi connectivity index (χ1v) is 11.2. The fourth-order valence-electron chi connectivity index (χ4n) is 4.32. The Hall–Kier alpha value is -2.77. The number of piperidine rings is 1. The highest BCUT2D eigenvalue weighted by molar-refractivity contribution is 9.10. The third-order valence-corrected chi connectivity index (χ3v) is 6.54. The Morgan fingerprint density at radius 3 is 2.71 bits per heavy atom. The van der Waals surface area contributed by atoms with E-state index in [0.29, 0.717) is 23.8 Å². The molecule has 0 aromatic heterocycles. The third kappa shape index (κ3) is 4.20. The van der Waals surface area contributed by atoms with Crippen molar-refractivity contribution in [3.63, 3.8) is 0 Å². The predicted molar refractivity (Wildman–Crippen MR) is 123 cm³/mol. The number of halogens is 1. The van der Waals surface area contributed by atoms with Crippen LogP contribution in [0.15, 0.2) is 53.0 Å². The van der Waals surface area contributed by atoms with Crippen LogP contribution < -0.4 is 14.8 Å². The quantitative estimate of drug-likeness (QED) is 0.553. The van der Waals surface area contributed by atoms with Crippen LogP contribution in [0.2, 0.25) is 0 Å². The van der Waals surface area contributed by atoms with E-state index < -0.39 is 0 Å². The first-order valence-electron chi connectivity index (χ1n) is 10.4. The maximum atomic E-state index is 12.7. The largest absolute Gasteiger partial charge is 0.508 e. The van der Waals surface area contributed by atoms with Crippen LogP contribution in [-0.4, -0.2) is 35.8 Å². The van der Waals surface area contributed by atoms with E-state index >= 15 is 0 Å². The minimum Gasteiger partial charge on any atom is -0.508 e. The van der Waals surface area contributed by atoms with Crippen LogP contribution in [-0.2, 0) is 11.3 Å². The number of phenolic OH excluding ortho intramolecular Hbond substituents is 1. The molecule has 7 heteroatoms. The van der Waals surface area contributed by atoms with Gasteiger partial charge in [0.05, 0.1) is 0 Å². The highest BCUT2D eigenvalue weighted by Crippen LogP contribution is 2.35. The van der Waals surface area contributed by atoms with Crippen LogP contribution in [0.1, 0.15) is 18.4 Å². The van der Waals surface area contributed by atoms with Crippen molar-refractivity contribution < 1.29 is 19.4 Å². The average molecular weight is 483 g/mol. The van der Waals surface area contributed by atoms with Crippen molar-refractivity contribution in [1.29, 1.82) is 0 Å². The Balaban J connectivity index is 1.21. The number of ether oxygens (including phenoxy) is 2. The first kappa shape index (κ1) is 20.2. The molecule has 6 nitrogen and oxygen atoms in total. The number of hydrogen-bond donors (Lipinski definition) is 2. The molecule has 0 aliphatic carbocycles. The molecule has 0 bridgehead atoms. The van der Waals surface area contributed by atoms with Gasteiger partial charge in [-0.2, -0.15) is 0 Å². The average Bonchev–Trinajstić information content (AvgIpc) is 3.24. The van der Waals surface area contributed by atoms with Crippen LogP contribution in [0.4, 0.5) is 5.69 Å².